The Bertz CT molecular complexity index is 610. The van der Waals surface area contributed by atoms with Gasteiger partial charge in [-0.2, -0.15) is 0 Å². The van der Waals surface area contributed by atoms with Crippen molar-refractivity contribution in [3.05, 3.63) is 59.3 Å². The standard InChI is InChI=1S/C17H21N3O/c1-3-18-16-12-15(8-10-19-16)17(21)20-9-7-14-6-4-5-13(2)11-14/h4-6,8,10-12H,3,7,9H2,1-2H3,(H,18,19)(H,20,21). The maximum atomic E-state index is 12.1. The van der Waals surface area contributed by atoms with Gasteiger partial charge in [0, 0.05) is 24.8 Å². The van der Waals surface area contributed by atoms with Crippen molar-refractivity contribution in [1.29, 1.82) is 0 Å². The number of pyridine rings is 1. The number of nitrogens with zero attached hydrogens (tertiary/aromatic N) is 1. The van der Waals surface area contributed by atoms with E-state index in [1.807, 2.05) is 13.0 Å². The molecule has 1 heterocycles. The van der Waals surface area contributed by atoms with Crippen molar-refractivity contribution in [3.8, 4) is 0 Å². The van der Waals surface area contributed by atoms with E-state index >= 15 is 0 Å². The molecule has 0 saturated heterocycles. The van der Waals surface area contributed by atoms with Crippen molar-refractivity contribution in [1.82, 2.24) is 10.3 Å². The number of hydrogen-bond donors (Lipinski definition) is 2. The highest BCUT2D eigenvalue weighted by atomic mass is 16.1. The zero-order valence-corrected chi connectivity index (χ0v) is 12.5. The highest BCUT2D eigenvalue weighted by Gasteiger charge is 2.06. The lowest BCUT2D eigenvalue weighted by atomic mass is 10.1. The van der Waals surface area contributed by atoms with Crippen LogP contribution in [0.4, 0.5) is 5.82 Å². The normalized spacial score (nSPS) is 10.2. The summed E-state index contributed by atoms with van der Waals surface area (Å²) in [6.07, 6.45) is 2.48. The molecular formula is C17H21N3O. The zero-order valence-electron chi connectivity index (χ0n) is 12.5. The number of aryl methyl sites for hydroxylation is 1. The second kappa shape index (κ2) is 7.43. The van der Waals surface area contributed by atoms with E-state index in [9.17, 15) is 4.79 Å². The number of anilines is 1. The number of carbonyl (C=O) groups is 1. The van der Waals surface area contributed by atoms with E-state index in [2.05, 4.69) is 40.7 Å². The first-order valence-electron chi connectivity index (χ1n) is 7.22. The van der Waals surface area contributed by atoms with Crippen LogP contribution in [0.15, 0.2) is 42.6 Å². The second-order valence-corrected chi connectivity index (χ2v) is 4.96. The first kappa shape index (κ1) is 15.0. The van der Waals surface area contributed by atoms with E-state index < -0.39 is 0 Å². The van der Waals surface area contributed by atoms with E-state index in [-0.39, 0.29) is 5.91 Å². The molecule has 0 fully saturated rings. The fourth-order valence-corrected chi connectivity index (χ4v) is 2.14. The third-order valence-corrected chi connectivity index (χ3v) is 3.16. The average Bonchev–Trinajstić information content (AvgIpc) is 2.48. The SMILES string of the molecule is CCNc1cc(C(=O)NCCc2cccc(C)c2)ccn1. The van der Waals surface area contributed by atoms with Crippen LogP contribution >= 0.6 is 0 Å². The Morgan fingerprint density at radius 1 is 1.24 bits per heavy atom. The van der Waals surface area contributed by atoms with Crippen LogP contribution in [0.5, 0.6) is 0 Å². The van der Waals surface area contributed by atoms with Gasteiger partial charge in [-0.1, -0.05) is 29.8 Å². The first-order valence-corrected chi connectivity index (χ1v) is 7.22. The second-order valence-electron chi connectivity index (χ2n) is 4.96. The summed E-state index contributed by atoms with van der Waals surface area (Å²) in [7, 11) is 0. The summed E-state index contributed by atoms with van der Waals surface area (Å²) < 4.78 is 0. The fraction of sp³-hybridized carbons (Fsp3) is 0.294. The average molecular weight is 283 g/mol. The molecule has 1 amide bonds. The van der Waals surface area contributed by atoms with Crippen LogP contribution in [0.2, 0.25) is 0 Å². The monoisotopic (exact) mass is 283 g/mol. The molecule has 1 aromatic carbocycles. The predicted octanol–water partition coefficient (Wildman–Crippen LogP) is 2.79. The Hall–Kier alpha value is -2.36. The molecule has 110 valence electrons. The van der Waals surface area contributed by atoms with Crippen molar-refractivity contribution in [2.45, 2.75) is 20.3 Å². The zero-order chi connectivity index (χ0) is 15.1. The Morgan fingerprint density at radius 2 is 2.10 bits per heavy atom. The molecule has 0 aliphatic heterocycles. The molecule has 0 saturated carbocycles. The van der Waals surface area contributed by atoms with Gasteiger partial charge in [-0.05, 0) is 38.0 Å². The molecule has 0 aliphatic carbocycles. The van der Waals surface area contributed by atoms with Crippen molar-refractivity contribution >= 4 is 11.7 Å². The van der Waals surface area contributed by atoms with E-state index in [1.165, 1.54) is 11.1 Å². The molecule has 0 radical (unpaired) electrons. The van der Waals surface area contributed by atoms with Crippen LogP contribution in [0.25, 0.3) is 0 Å². The Labute approximate surface area is 125 Å². The van der Waals surface area contributed by atoms with Gasteiger partial charge in [0.25, 0.3) is 5.91 Å². The molecule has 0 bridgehead atoms. The molecule has 0 atom stereocenters. The van der Waals surface area contributed by atoms with Crippen LogP contribution in [0, 0.1) is 6.92 Å². The van der Waals surface area contributed by atoms with E-state index in [4.69, 9.17) is 0 Å². The minimum absolute atomic E-state index is 0.0655. The van der Waals surface area contributed by atoms with E-state index in [0.717, 1.165) is 18.8 Å². The molecule has 4 nitrogen and oxygen atoms in total. The molecule has 2 N–H and O–H groups in total. The van der Waals surface area contributed by atoms with Gasteiger partial charge in [0.05, 0.1) is 0 Å². The minimum Gasteiger partial charge on any atom is -0.370 e. The van der Waals surface area contributed by atoms with E-state index in [1.54, 1.807) is 18.3 Å². The molecule has 0 aliphatic rings. The first-order chi connectivity index (χ1) is 10.2. The molecule has 2 aromatic rings. The lowest BCUT2D eigenvalue weighted by Crippen LogP contribution is -2.25. The largest absolute Gasteiger partial charge is 0.370 e. The predicted molar refractivity (Wildman–Crippen MR) is 85.6 cm³/mol. The van der Waals surface area contributed by atoms with Gasteiger partial charge in [-0.25, -0.2) is 4.98 Å². The van der Waals surface area contributed by atoms with Crippen molar-refractivity contribution in [2.75, 3.05) is 18.4 Å². The maximum Gasteiger partial charge on any atom is 0.251 e. The van der Waals surface area contributed by atoms with E-state index in [0.29, 0.717) is 12.1 Å². The minimum atomic E-state index is -0.0655. The number of carbonyl (C=O) groups excluding carboxylic acids is 1. The van der Waals surface area contributed by atoms with Crippen molar-refractivity contribution < 1.29 is 4.79 Å². The summed E-state index contributed by atoms with van der Waals surface area (Å²) in [5, 5.41) is 6.04. The maximum absolute atomic E-state index is 12.1. The Morgan fingerprint density at radius 3 is 2.86 bits per heavy atom. The molecule has 1 aromatic heterocycles. The van der Waals surface area contributed by atoms with Gasteiger partial charge in [0.1, 0.15) is 5.82 Å². The lowest BCUT2D eigenvalue weighted by molar-refractivity contribution is 0.0954. The highest BCUT2D eigenvalue weighted by Crippen LogP contribution is 2.07. The third kappa shape index (κ3) is 4.60. The number of amides is 1. The molecule has 4 heteroatoms. The van der Waals surface area contributed by atoms with Gasteiger partial charge in [0.15, 0.2) is 0 Å². The smallest absolute Gasteiger partial charge is 0.251 e. The molecule has 21 heavy (non-hydrogen) atoms. The van der Waals surface area contributed by atoms with Gasteiger partial charge in [0.2, 0.25) is 0 Å². The number of rotatable bonds is 6. The summed E-state index contributed by atoms with van der Waals surface area (Å²) in [5.74, 6) is 0.660. The number of nitrogens with one attached hydrogen (secondary N) is 2. The number of aromatic nitrogens is 1. The molecule has 0 spiro atoms. The molecule has 0 unspecified atom stereocenters. The van der Waals surface area contributed by atoms with Gasteiger partial charge >= 0.3 is 0 Å². The topological polar surface area (TPSA) is 54.0 Å². The van der Waals surface area contributed by atoms with Crippen LogP contribution in [-0.2, 0) is 6.42 Å². The van der Waals surface area contributed by atoms with Gasteiger partial charge in [-0.15, -0.1) is 0 Å². The number of benzene rings is 1. The summed E-state index contributed by atoms with van der Waals surface area (Å²) in [6, 6.07) is 11.8. The summed E-state index contributed by atoms with van der Waals surface area (Å²) >= 11 is 0. The highest BCUT2D eigenvalue weighted by molar-refractivity contribution is 5.94. The van der Waals surface area contributed by atoms with Gasteiger partial charge in [-0.3, -0.25) is 4.79 Å². The lowest BCUT2D eigenvalue weighted by Gasteiger charge is -2.07. The van der Waals surface area contributed by atoms with Crippen LogP contribution < -0.4 is 10.6 Å². The summed E-state index contributed by atoms with van der Waals surface area (Å²) in [5.41, 5.74) is 3.10. The molecule has 2 rings (SSSR count). The third-order valence-electron chi connectivity index (χ3n) is 3.16. The van der Waals surface area contributed by atoms with Crippen molar-refractivity contribution in [2.24, 2.45) is 0 Å². The Kier molecular flexibility index (Phi) is 5.32. The van der Waals surface area contributed by atoms with Crippen molar-refractivity contribution in [3.63, 3.8) is 0 Å². The van der Waals surface area contributed by atoms with Crippen LogP contribution in [0.1, 0.15) is 28.4 Å². The fourth-order valence-electron chi connectivity index (χ4n) is 2.14. The van der Waals surface area contributed by atoms with Crippen LogP contribution in [-0.4, -0.2) is 24.0 Å². The quantitative estimate of drug-likeness (QED) is 0.857. The van der Waals surface area contributed by atoms with Crippen LogP contribution in [0.3, 0.4) is 0 Å². The Balaban J connectivity index is 1.88. The summed E-state index contributed by atoms with van der Waals surface area (Å²) in [6.45, 7) is 5.48. The number of hydrogen-bond acceptors (Lipinski definition) is 3. The summed E-state index contributed by atoms with van der Waals surface area (Å²) in [4.78, 5) is 16.2. The van der Waals surface area contributed by atoms with Gasteiger partial charge < -0.3 is 10.6 Å². The molecular weight excluding hydrogens is 262 g/mol.